The van der Waals surface area contributed by atoms with Crippen molar-refractivity contribution in [2.24, 2.45) is 5.41 Å². The molecule has 6 nitrogen and oxygen atoms in total. The number of pyridine rings is 1. The lowest BCUT2D eigenvalue weighted by Gasteiger charge is -2.41. The second-order valence-corrected chi connectivity index (χ2v) is 14.4. The van der Waals surface area contributed by atoms with Crippen LogP contribution in [-0.4, -0.2) is 46.2 Å². The minimum atomic E-state index is -1.10. The maximum Gasteiger partial charge on any atom is 0.337 e. The predicted octanol–water partition coefficient (Wildman–Crippen LogP) is 8.19. The maximum atomic E-state index is 12.9. The van der Waals surface area contributed by atoms with Gasteiger partial charge < -0.3 is 14.7 Å². The molecule has 0 bridgehead atoms. The summed E-state index contributed by atoms with van der Waals surface area (Å²) < 4.78 is 6.41. The number of fused-ring (bicyclic) bond motifs is 1. The molecule has 3 aromatic rings. The molecule has 1 fully saturated rings. The normalized spacial score (nSPS) is 17.8. The summed E-state index contributed by atoms with van der Waals surface area (Å²) in [7, 11) is 0. The lowest BCUT2D eigenvalue weighted by Crippen LogP contribution is -2.39. The minimum absolute atomic E-state index is 0.261. The van der Waals surface area contributed by atoms with Crippen molar-refractivity contribution in [3.05, 3.63) is 81.7 Å². The van der Waals surface area contributed by atoms with E-state index < -0.39 is 17.7 Å². The van der Waals surface area contributed by atoms with E-state index in [0.29, 0.717) is 12.0 Å². The van der Waals surface area contributed by atoms with Crippen LogP contribution in [0.1, 0.15) is 99.2 Å². The molecule has 236 valence electrons. The van der Waals surface area contributed by atoms with Crippen molar-refractivity contribution >= 4 is 11.7 Å². The molecule has 1 unspecified atom stereocenters. The summed E-state index contributed by atoms with van der Waals surface area (Å²) in [5.74, 6) is -0.969. The number of hydrogen-bond donors (Lipinski definition) is 1. The van der Waals surface area contributed by atoms with Crippen molar-refractivity contribution in [3.63, 3.8) is 0 Å². The van der Waals surface area contributed by atoms with E-state index in [1.165, 1.54) is 22.3 Å². The number of benzene rings is 2. The number of nitrogens with zero attached hydrogens (tertiary/aromatic N) is 3. The third-order valence-corrected chi connectivity index (χ3v) is 10.0. The van der Waals surface area contributed by atoms with Gasteiger partial charge in [-0.2, -0.15) is 0 Å². The average molecular weight is 598 g/mol. The number of aromatic nitrogens is 1. The molecule has 5 rings (SSSR count). The van der Waals surface area contributed by atoms with Crippen LogP contribution in [0.5, 0.6) is 0 Å². The molecule has 3 heterocycles. The molecule has 0 amide bonds. The van der Waals surface area contributed by atoms with Gasteiger partial charge in [0.05, 0.1) is 11.3 Å². The van der Waals surface area contributed by atoms with E-state index >= 15 is 0 Å². The standard InChI is InChI=1S/C38H51N3O3/c1-9-38(7,8)44-35(36(42)43)33-27(4)39-26(3)32(34(33)41-20-17-37(5,6)18-21-41)29-14-15-31-24-40(19-16-28(31)22-29)23-30-13-11-10-12-25(30)2/h10-15,22,35H,9,16-21,23-24H2,1-8H3,(H,42,43). The van der Waals surface area contributed by atoms with Crippen molar-refractivity contribution in [1.29, 1.82) is 0 Å². The van der Waals surface area contributed by atoms with Crippen LogP contribution < -0.4 is 4.90 Å². The average Bonchev–Trinajstić information content (AvgIpc) is 2.97. The van der Waals surface area contributed by atoms with Crippen LogP contribution >= 0.6 is 0 Å². The van der Waals surface area contributed by atoms with Gasteiger partial charge in [0.15, 0.2) is 6.10 Å². The van der Waals surface area contributed by atoms with Crippen molar-refractivity contribution < 1.29 is 14.6 Å². The lowest BCUT2D eigenvalue weighted by atomic mass is 9.81. The van der Waals surface area contributed by atoms with Gasteiger partial charge in [-0.1, -0.05) is 63.2 Å². The Labute approximate surface area is 264 Å². The van der Waals surface area contributed by atoms with Gasteiger partial charge in [-0.15, -0.1) is 0 Å². The quantitative estimate of drug-likeness (QED) is 0.268. The summed E-state index contributed by atoms with van der Waals surface area (Å²) >= 11 is 0. The van der Waals surface area contributed by atoms with Crippen LogP contribution in [0.4, 0.5) is 5.69 Å². The molecule has 2 aliphatic rings. The van der Waals surface area contributed by atoms with Gasteiger partial charge in [-0.3, -0.25) is 9.88 Å². The summed E-state index contributed by atoms with van der Waals surface area (Å²) in [6.07, 6.45) is 2.69. The molecular formula is C38H51N3O3. The van der Waals surface area contributed by atoms with Gasteiger partial charge in [-0.25, -0.2) is 4.79 Å². The highest BCUT2D eigenvalue weighted by Gasteiger charge is 2.37. The Hall–Kier alpha value is -3.22. The predicted molar refractivity (Wildman–Crippen MR) is 179 cm³/mol. The monoisotopic (exact) mass is 597 g/mol. The fourth-order valence-corrected chi connectivity index (χ4v) is 6.73. The molecule has 1 N–H and O–H groups in total. The number of hydrogen-bond acceptors (Lipinski definition) is 5. The molecule has 1 aromatic heterocycles. The van der Waals surface area contributed by atoms with Crippen LogP contribution in [0, 0.1) is 26.2 Å². The first-order valence-corrected chi connectivity index (χ1v) is 16.3. The summed E-state index contributed by atoms with van der Waals surface area (Å²) in [5, 5.41) is 10.6. The van der Waals surface area contributed by atoms with Gasteiger partial charge >= 0.3 is 5.97 Å². The van der Waals surface area contributed by atoms with Crippen molar-refractivity contribution in [3.8, 4) is 11.1 Å². The third-order valence-electron chi connectivity index (χ3n) is 10.0. The number of carboxylic acid groups (broad SMARTS) is 1. The largest absolute Gasteiger partial charge is 0.479 e. The van der Waals surface area contributed by atoms with E-state index in [9.17, 15) is 9.90 Å². The Morgan fingerprint density at radius 1 is 1.02 bits per heavy atom. The van der Waals surface area contributed by atoms with Crippen LogP contribution in [0.25, 0.3) is 11.1 Å². The number of ether oxygens (including phenoxy) is 1. The van der Waals surface area contributed by atoms with Crippen LogP contribution in [0.2, 0.25) is 0 Å². The molecule has 44 heavy (non-hydrogen) atoms. The number of rotatable bonds is 9. The highest BCUT2D eigenvalue weighted by molar-refractivity contribution is 5.88. The van der Waals surface area contributed by atoms with Gasteiger partial charge in [-0.05, 0) is 93.5 Å². The molecule has 1 atom stereocenters. The Kier molecular flexibility index (Phi) is 9.25. The molecule has 0 radical (unpaired) electrons. The zero-order valence-electron chi connectivity index (χ0n) is 28.1. The van der Waals surface area contributed by atoms with E-state index in [0.717, 1.165) is 80.2 Å². The molecular weight excluding hydrogens is 546 g/mol. The zero-order chi connectivity index (χ0) is 31.8. The molecule has 2 aromatic carbocycles. The molecule has 1 saturated heterocycles. The van der Waals surface area contributed by atoms with Gasteiger partial charge in [0.25, 0.3) is 0 Å². The van der Waals surface area contributed by atoms with Crippen molar-refractivity contribution in [1.82, 2.24) is 9.88 Å². The number of aryl methyl sites for hydroxylation is 3. The second-order valence-electron chi connectivity index (χ2n) is 14.4. The fraction of sp³-hybridized carbons (Fsp3) is 0.526. The van der Waals surface area contributed by atoms with E-state index in [1.54, 1.807) is 0 Å². The number of piperidine rings is 1. The summed E-state index contributed by atoms with van der Waals surface area (Å²) in [5.41, 5.74) is 10.6. The lowest BCUT2D eigenvalue weighted by molar-refractivity contribution is -0.162. The first-order valence-electron chi connectivity index (χ1n) is 16.3. The molecule has 0 aliphatic carbocycles. The number of aliphatic carboxylic acids is 1. The van der Waals surface area contributed by atoms with Gasteiger partial charge in [0.2, 0.25) is 0 Å². The van der Waals surface area contributed by atoms with Crippen LogP contribution in [0.15, 0.2) is 42.5 Å². The summed E-state index contributed by atoms with van der Waals surface area (Å²) in [6, 6.07) is 15.5. The highest BCUT2D eigenvalue weighted by atomic mass is 16.5. The molecule has 0 spiro atoms. The van der Waals surface area contributed by atoms with E-state index in [-0.39, 0.29) is 5.41 Å². The Bertz CT molecular complexity index is 1520. The molecule has 6 heteroatoms. The van der Waals surface area contributed by atoms with Gasteiger partial charge in [0, 0.05) is 55.2 Å². The van der Waals surface area contributed by atoms with E-state index in [4.69, 9.17) is 9.72 Å². The number of carbonyl (C=O) groups is 1. The van der Waals surface area contributed by atoms with Crippen molar-refractivity contribution in [2.75, 3.05) is 24.5 Å². The van der Waals surface area contributed by atoms with E-state index in [2.05, 4.69) is 80.0 Å². The van der Waals surface area contributed by atoms with Crippen molar-refractivity contribution in [2.45, 2.75) is 106 Å². The number of carboxylic acids is 1. The van der Waals surface area contributed by atoms with E-state index in [1.807, 2.05) is 27.7 Å². The van der Waals surface area contributed by atoms with Crippen LogP contribution in [0.3, 0.4) is 0 Å². The topological polar surface area (TPSA) is 65.9 Å². The van der Waals surface area contributed by atoms with Crippen LogP contribution in [-0.2, 0) is 29.0 Å². The Morgan fingerprint density at radius 3 is 2.39 bits per heavy atom. The zero-order valence-corrected chi connectivity index (χ0v) is 28.1. The molecule has 2 aliphatic heterocycles. The number of anilines is 1. The summed E-state index contributed by atoms with van der Waals surface area (Å²) in [4.78, 5) is 22.9. The third kappa shape index (κ3) is 6.87. The smallest absolute Gasteiger partial charge is 0.337 e. The first-order chi connectivity index (χ1) is 20.8. The minimum Gasteiger partial charge on any atom is -0.479 e. The second kappa shape index (κ2) is 12.6. The highest BCUT2D eigenvalue weighted by Crippen LogP contribution is 2.45. The Balaban J connectivity index is 1.58. The molecule has 0 saturated carbocycles. The SMILES string of the molecule is CCC(C)(C)OC(C(=O)O)c1c(C)nc(C)c(-c2ccc3c(c2)CCN(Cc2ccccc2C)C3)c1N1CCC(C)(C)CC1. The maximum absolute atomic E-state index is 12.9. The first kappa shape index (κ1) is 32.2. The van der Waals surface area contributed by atoms with Gasteiger partial charge in [0.1, 0.15) is 0 Å². The summed E-state index contributed by atoms with van der Waals surface area (Å²) in [6.45, 7) is 21.5. The fourth-order valence-electron chi connectivity index (χ4n) is 6.73. The Morgan fingerprint density at radius 2 is 1.73 bits per heavy atom.